The second-order valence-electron chi connectivity index (χ2n) is 18.5. The summed E-state index contributed by atoms with van der Waals surface area (Å²) in [5, 5.41) is 28.7. The van der Waals surface area contributed by atoms with Crippen LogP contribution in [0.3, 0.4) is 0 Å². The van der Waals surface area contributed by atoms with E-state index in [0.717, 1.165) is 21.7 Å². The van der Waals surface area contributed by atoms with Crippen LogP contribution in [-0.4, -0.2) is 110 Å². The van der Waals surface area contributed by atoms with E-state index in [1.165, 1.54) is 24.0 Å². The molecule has 3 atom stereocenters. The monoisotopic (exact) mass is 1040 g/mol. The number of benzene rings is 3. The SMILES string of the molecule is CCS(=O)(=O)Nc1ccc(-c2n[nH]c3c(-c4cnn(CCOCOC(=O)N[C@H](C(=O)N5C[C@H](O)C[C@H]5C(=O)NCc5ccc(-c6scnc6C)cc5)C(C)(C)C)c4)cnc(N)c23)cc1OCc1ccc(F)cc1. The molecule has 3 aromatic carbocycles. The maximum absolute atomic E-state index is 14.0. The van der Waals surface area contributed by atoms with Crippen molar-refractivity contribution in [1.82, 2.24) is 45.5 Å². The molecule has 23 heteroatoms. The molecule has 1 aliphatic rings. The summed E-state index contributed by atoms with van der Waals surface area (Å²) in [4.78, 5) is 51.7. The number of aryl methyl sites for hydroxylation is 1. The zero-order valence-corrected chi connectivity index (χ0v) is 42.4. The van der Waals surface area contributed by atoms with E-state index in [0.29, 0.717) is 38.9 Å². The number of carbonyl (C=O) groups is 3. The number of nitrogens with zero attached hydrogens (tertiary/aromatic N) is 6. The summed E-state index contributed by atoms with van der Waals surface area (Å²) in [6.45, 7) is 8.87. The number of halogens is 1. The number of β-amino-alcohol motifs (C(OH)–C–C–N with tert-alkyl or cyclic N) is 1. The van der Waals surface area contributed by atoms with Gasteiger partial charge in [-0.1, -0.05) is 63.2 Å². The number of nitrogen functional groups attached to an aromatic ring is 1. The molecule has 7 aromatic rings. The molecule has 7 N–H and O–H groups in total. The number of nitrogens with one attached hydrogen (secondary N) is 4. The van der Waals surface area contributed by atoms with E-state index in [-0.39, 0.29) is 62.3 Å². The number of anilines is 2. The molecule has 4 aromatic heterocycles. The zero-order valence-electron chi connectivity index (χ0n) is 40.7. The number of hydrogen-bond acceptors (Lipinski definition) is 15. The molecule has 0 spiro atoms. The van der Waals surface area contributed by atoms with Gasteiger partial charge < -0.3 is 40.6 Å². The van der Waals surface area contributed by atoms with Crippen molar-refractivity contribution in [3.63, 3.8) is 0 Å². The van der Waals surface area contributed by atoms with Crippen molar-refractivity contribution in [2.45, 2.75) is 78.9 Å². The topological polar surface area (TPSA) is 271 Å². The van der Waals surface area contributed by atoms with Gasteiger partial charge in [0.05, 0.1) is 63.9 Å². The third-order valence-corrected chi connectivity index (χ3v) is 14.5. The minimum atomic E-state index is -3.67. The molecule has 0 radical (unpaired) electrons. The fourth-order valence-electron chi connectivity index (χ4n) is 8.21. The number of aromatic amines is 1. The Morgan fingerprint density at radius 2 is 1.75 bits per heavy atom. The summed E-state index contributed by atoms with van der Waals surface area (Å²) in [5.74, 6) is -1.11. The minimum Gasteiger partial charge on any atom is -0.487 e. The highest BCUT2D eigenvalue weighted by atomic mass is 32.2. The maximum atomic E-state index is 14.0. The zero-order chi connectivity index (χ0) is 52.0. The van der Waals surface area contributed by atoms with Gasteiger partial charge in [0.1, 0.15) is 41.8 Å². The number of aliphatic hydroxyl groups excluding tert-OH is 1. The predicted octanol–water partition coefficient (Wildman–Crippen LogP) is 6.38. The largest absolute Gasteiger partial charge is 0.487 e. The van der Waals surface area contributed by atoms with Crippen LogP contribution in [0.15, 0.2) is 90.8 Å². The molecule has 1 fully saturated rings. The van der Waals surface area contributed by atoms with Crippen LogP contribution in [0.1, 0.15) is 50.9 Å². The Hall–Kier alpha value is -7.47. The number of likely N-dealkylation sites (tertiary alicyclic amines) is 1. The van der Waals surface area contributed by atoms with Crippen LogP contribution in [0.25, 0.3) is 43.7 Å². The minimum absolute atomic E-state index is 0.0286. The van der Waals surface area contributed by atoms with Crippen molar-refractivity contribution in [2.75, 3.05) is 36.2 Å². The first kappa shape index (κ1) is 51.9. The quantitative estimate of drug-likeness (QED) is 0.0379. The molecule has 1 aliphatic heterocycles. The van der Waals surface area contributed by atoms with E-state index >= 15 is 0 Å². The van der Waals surface area contributed by atoms with Gasteiger partial charge in [-0.15, -0.1) is 11.3 Å². The molecule has 8 rings (SSSR count). The molecular formula is C50H56FN11O9S2. The standard InChI is InChI=1S/C50H56FN11O9S2/c1-6-73(67,68)60-38-16-13-33(19-40(38)70-26-31-9-14-35(51)15-10-31)42-41-43(59-58-42)37(23-53-46(41)52)34-22-56-61(24-34)17-18-69-28-71-49(66)57-45(50(3,4)5)48(65)62-25-36(63)20-39(62)47(64)54-21-30-7-11-32(12-8-30)44-29(2)55-27-72-44/h7-16,19,22-24,27,36,39,45,60,63H,6,17-18,20-21,25-26,28H2,1-5H3,(H2,52,53)(H,54,64)(H,57,66)(H,58,59)/t36-,39+,45-/m1/s1. The number of carbonyl (C=O) groups excluding carboxylic acids is 3. The number of aromatic nitrogens is 6. The molecule has 0 unspecified atom stereocenters. The van der Waals surface area contributed by atoms with Crippen molar-refractivity contribution in [2.24, 2.45) is 5.41 Å². The molecule has 73 heavy (non-hydrogen) atoms. The Kier molecular flexibility index (Phi) is 15.7. The molecule has 1 saturated heterocycles. The van der Waals surface area contributed by atoms with Gasteiger partial charge in [0, 0.05) is 48.6 Å². The van der Waals surface area contributed by atoms with E-state index in [2.05, 4.69) is 40.6 Å². The van der Waals surface area contributed by atoms with Crippen LogP contribution in [0.5, 0.6) is 5.75 Å². The van der Waals surface area contributed by atoms with E-state index in [1.54, 1.807) is 91.2 Å². The number of alkyl carbamates (subject to hydrolysis) is 1. The lowest BCUT2D eigenvalue weighted by Gasteiger charge is -2.35. The molecule has 0 aliphatic carbocycles. The normalized spacial score (nSPS) is 15.3. The Labute approximate surface area is 424 Å². The summed E-state index contributed by atoms with van der Waals surface area (Å²) in [6, 6.07) is 16.4. The highest BCUT2D eigenvalue weighted by Gasteiger charge is 2.44. The summed E-state index contributed by atoms with van der Waals surface area (Å²) < 4.78 is 59.8. The number of thiazole rings is 1. The number of rotatable bonds is 19. The number of nitrogens with two attached hydrogens (primary N) is 1. The third kappa shape index (κ3) is 12.4. The fraction of sp³-hybridized carbons (Fsp3) is 0.340. The van der Waals surface area contributed by atoms with Gasteiger partial charge in [-0.3, -0.25) is 24.1 Å². The molecule has 20 nitrogen and oxygen atoms in total. The number of aliphatic hydroxyl groups is 1. The third-order valence-electron chi connectivity index (χ3n) is 12.2. The van der Waals surface area contributed by atoms with Crippen molar-refractivity contribution in [1.29, 1.82) is 0 Å². The lowest BCUT2D eigenvalue weighted by molar-refractivity contribution is -0.142. The van der Waals surface area contributed by atoms with Crippen LogP contribution in [0.4, 0.5) is 20.7 Å². The van der Waals surface area contributed by atoms with E-state index in [9.17, 15) is 32.3 Å². The molecule has 0 bridgehead atoms. The van der Waals surface area contributed by atoms with E-state index in [4.69, 9.17) is 19.9 Å². The summed E-state index contributed by atoms with van der Waals surface area (Å²) in [5.41, 5.74) is 14.0. The Morgan fingerprint density at radius 1 is 1.01 bits per heavy atom. The maximum Gasteiger partial charge on any atom is 0.409 e. The van der Waals surface area contributed by atoms with Gasteiger partial charge in [0.15, 0.2) is 6.79 Å². The van der Waals surface area contributed by atoms with E-state index in [1.807, 2.05) is 31.2 Å². The number of hydrogen-bond donors (Lipinski definition) is 6. The highest BCUT2D eigenvalue weighted by molar-refractivity contribution is 7.92. The second-order valence-corrected chi connectivity index (χ2v) is 21.3. The van der Waals surface area contributed by atoms with Gasteiger partial charge in [-0.25, -0.2) is 27.6 Å². The summed E-state index contributed by atoms with van der Waals surface area (Å²) in [6.07, 6.45) is 3.20. The van der Waals surface area contributed by atoms with Gasteiger partial charge in [-0.2, -0.15) is 10.2 Å². The number of sulfonamides is 1. The van der Waals surface area contributed by atoms with Crippen LogP contribution in [0, 0.1) is 18.2 Å². The van der Waals surface area contributed by atoms with Crippen LogP contribution in [-0.2, 0) is 48.8 Å². The van der Waals surface area contributed by atoms with Crippen LogP contribution < -0.4 is 25.8 Å². The molecule has 384 valence electrons. The number of H-pyrrole nitrogens is 1. The van der Waals surface area contributed by atoms with Crippen molar-refractivity contribution < 1.29 is 46.5 Å². The predicted molar refractivity (Wildman–Crippen MR) is 273 cm³/mol. The van der Waals surface area contributed by atoms with Crippen LogP contribution >= 0.6 is 11.3 Å². The first-order valence-electron chi connectivity index (χ1n) is 23.3. The van der Waals surface area contributed by atoms with Crippen molar-refractivity contribution in [3.05, 3.63) is 113 Å². The van der Waals surface area contributed by atoms with Crippen molar-refractivity contribution >= 4 is 61.7 Å². The second kappa shape index (κ2) is 22.1. The van der Waals surface area contributed by atoms with Gasteiger partial charge in [0.25, 0.3) is 0 Å². The fourth-order valence-corrected chi connectivity index (χ4v) is 9.67. The average Bonchev–Trinajstić information content (AvgIpc) is 4.20. The number of ether oxygens (including phenoxy) is 3. The van der Waals surface area contributed by atoms with Gasteiger partial charge >= 0.3 is 6.09 Å². The Bertz CT molecular complexity index is 3210. The lowest BCUT2D eigenvalue weighted by Crippen LogP contribution is -2.57. The summed E-state index contributed by atoms with van der Waals surface area (Å²) >= 11 is 1.55. The average molecular weight is 1040 g/mol. The lowest BCUT2D eigenvalue weighted by atomic mass is 9.85. The smallest absolute Gasteiger partial charge is 0.409 e. The van der Waals surface area contributed by atoms with E-state index < -0.39 is 64.1 Å². The highest BCUT2D eigenvalue weighted by Crippen LogP contribution is 2.39. The molecular weight excluding hydrogens is 982 g/mol. The first-order valence-corrected chi connectivity index (χ1v) is 25.8. The first-order chi connectivity index (χ1) is 34.9. The Balaban J connectivity index is 0.853. The molecule has 3 amide bonds. The summed E-state index contributed by atoms with van der Waals surface area (Å²) in [7, 11) is -3.67. The molecule has 5 heterocycles. The van der Waals surface area contributed by atoms with Gasteiger partial charge in [0.2, 0.25) is 21.8 Å². The number of pyridine rings is 1. The number of amides is 3. The number of fused-ring (bicyclic) bond motifs is 1. The van der Waals surface area contributed by atoms with Gasteiger partial charge in [-0.05, 0) is 60.2 Å². The van der Waals surface area contributed by atoms with Crippen molar-refractivity contribution in [3.8, 4) is 38.6 Å². The molecule has 0 saturated carbocycles. The van der Waals surface area contributed by atoms with Crippen LogP contribution in [0.2, 0.25) is 0 Å². The Morgan fingerprint density at radius 3 is 2.47 bits per heavy atom.